The molecular formula is C20H19FN2O3S. The standard InChI is InChI=1S/C20H19FN2O3S/c1-3-9-26-15-6-4-5-14(10-15)19(24)23-20-22-17(12-27-20)13-7-8-18(25-2)16(21)11-13/h4-8,10-12H,3,9H2,1-2H3,(H,22,23,24). The molecule has 27 heavy (non-hydrogen) atoms. The van der Waals surface area contributed by atoms with Gasteiger partial charge in [-0.25, -0.2) is 9.37 Å². The predicted octanol–water partition coefficient (Wildman–Crippen LogP) is 5.00. The van der Waals surface area contributed by atoms with Crippen LogP contribution in [0.4, 0.5) is 9.52 Å². The number of hydrogen-bond acceptors (Lipinski definition) is 5. The van der Waals surface area contributed by atoms with Gasteiger partial charge < -0.3 is 9.47 Å². The zero-order valence-electron chi connectivity index (χ0n) is 15.0. The zero-order chi connectivity index (χ0) is 19.2. The number of amides is 1. The second kappa shape index (κ2) is 8.64. The molecule has 0 saturated carbocycles. The van der Waals surface area contributed by atoms with Gasteiger partial charge in [-0.3, -0.25) is 10.1 Å². The van der Waals surface area contributed by atoms with Crippen LogP contribution < -0.4 is 14.8 Å². The van der Waals surface area contributed by atoms with E-state index < -0.39 is 5.82 Å². The highest BCUT2D eigenvalue weighted by Crippen LogP contribution is 2.28. The lowest BCUT2D eigenvalue weighted by Crippen LogP contribution is -2.11. The molecule has 140 valence electrons. The van der Waals surface area contributed by atoms with Crippen LogP contribution in [-0.4, -0.2) is 24.6 Å². The van der Waals surface area contributed by atoms with Gasteiger partial charge in [-0.05, 0) is 42.8 Å². The number of nitrogens with one attached hydrogen (secondary N) is 1. The molecule has 0 aliphatic carbocycles. The summed E-state index contributed by atoms with van der Waals surface area (Å²) in [6.45, 7) is 2.62. The van der Waals surface area contributed by atoms with E-state index in [9.17, 15) is 9.18 Å². The second-order valence-electron chi connectivity index (χ2n) is 5.72. The van der Waals surface area contributed by atoms with Gasteiger partial charge in [-0.2, -0.15) is 0 Å². The molecule has 1 N–H and O–H groups in total. The molecule has 0 fully saturated rings. The molecule has 0 saturated heterocycles. The van der Waals surface area contributed by atoms with Crippen molar-refractivity contribution in [2.45, 2.75) is 13.3 Å². The Morgan fingerprint density at radius 2 is 2.11 bits per heavy atom. The molecule has 0 unspecified atom stereocenters. The third-order valence-electron chi connectivity index (χ3n) is 3.74. The van der Waals surface area contributed by atoms with Crippen LogP contribution in [0.3, 0.4) is 0 Å². The maximum atomic E-state index is 13.9. The SMILES string of the molecule is CCCOc1cccc(C(=O)Nc2nc(-c3ccc(OC)c(F)c3)cs2)c1. The van der Waals surface area contributed by atoms with Gasteiger partial charge in [0.05, 0.1) is 19.4 Å². The molecule has 7 heteroatoms. The van der Waals surface area contributed by atoms with E-state index in [0.29, 0.717) is 34.3 Å². The number of halogens is 1. The normalized spacial score (nSPS) is 10.5. The summed E-state index contributed by atoms with van der Waals surface area (Å²) in [6, 6.07) is 11.6. The molecular weight excluding hydrogens is 367 g/mol. The number of carbonyl (C=O) groups excluding carboxylic acids is 1. The molecule has 2 aromatic carbocycles. The first-order valence-electron chi connectivity index (χ1n) is 8.44. The zero-order valence-corrected chi connectivity index (χ0v) is 15.8. The van der Waals surface area contributed by atoms with Crippen LogP contribution in [0.25, 0.3) is 11.3 Å². The van der Waals surface area contributed by atoms with Crippen LogP contribution >= 0.6 is 11.3 Å². The summed E-state index contributed by atoms with van der Waals surface area (Å²) >= 11 is 1.27. The fourth-order valence-electron chi connectivity index (χ4n) is 2.41. The van der Waals surface area contributed by atoms with Crippen LogP contribution in [-0.2, 0) is 0 Å². The van der Waals surface area contributed by atoms with E-state index in [4.69, 9.17) is 9.47 Å². The number of thiazole rings is 1. The fourth-order valence-corrected chi connectivity index (χ4v) is 3.12. The van der Waals surface area contributed by atoms with Gasteiger partial charge in [0, 0.05) is 16.5 Å². The topological polar surface area (TPSA) is 60.5 Å². The molecule has 5 nitrogen and oxygen atoms in total. The van der Waals surface area contributed by atoms with Gasteiger partial charge in [-0.15, -0.1) is 11.3 Å². The number of carbonyl (C=O) groups is 1. The summed E-state index contributed by atoms with van der Waals surface area (Å²) in [5.74, 6) is 0.0851. The Morgan fingerprint density at radius 3 is 2.85 bits per heavy atom. The maximum Gasteiger partial charge on any atom is 0.257 e. The summed E-state index contributed by atoms with van der Waals surface area (Å²) in [4.78, 5) is 16.8. The van der Waals surface area contributed by atoms with Crippen LogP contribution in [0, 0.1) is 5.82 Å². The number of benzene rings is 2. The summed E-state index contributed by atoms with van der Waals surface area (Å²) in [5.41, 5.74) is 1.67. The van der Waals surface area contributed by atoms with Crippen molar-refractivity contribution in [1.29, 1.82) is 0 Å². The van der Waals surface area contributed by atoms with Crippen LogP contribution in [0.5, 0.6) is 11.5 Å². The number of nitrogens with zero attached hydrogens (tertiary/aromatic N) is 1. The quantitative estimate of drug-likeness (QED) is 0.621. The minimum absolute atomic E-state index is 0.174. The summed E-state index contributed by atoms with van der Waals surface area (Å²) in [6.07, 6.45) is 0.893. The molecule has 1 amide bonds. The van der Waals surface area contributed by atoms with Crippen LogP contribution in [0.1, 0.15) is 23.7 Å². The van der Waals surface area contributed by atoms with Crippen molar-refractivity contribution in [1.82, 2.24) is 4.98 Å². The highest BCUT2D eigenvalue weighted by atomic mass is 32.1. The molecule has 1 heterocycles. The van der Waals surface area contributed by atoms with Gasteiger partial charge in [0.15, 0.2) is 16.7 Å². The largest absolute Gasteiger partial charge is 0.494 e. The summed E-state index contributed by atoms with van der Waals surface area (Å²) < 4.78 is 24.3. The number of anilines is 1. The summed E-state index contributed by atoms with van der Waals surface area (Å²) in [5, 5.41) is 4.96. The van der Waals surface area contributed by atoms with E-state index in [1.165, 1.54) is 24.5 Å². The number of ether oxygens (including phenoxy) is 2. The van der Waals surface area contributed by atoms with E-state index in [1.807, 2.05) is 13.0 Å². The Balaban J connectivity index is 1.72. The average molecular weight is 386 g/mol. The van der Waals surface area contributed by atoms with Crippen LogP contribution in [0.2, 0.25) is 0 Å². The molecule has 0 radical (unpaired) electrons. The van der Waals surface area contributed by atoms with Crippen LogP contribution in [0.15, 0.2) is 47.8 Å². The Kier molecular flexibility index (Phi) is 6.03. The minimum Gasteiger partial charge on any atom is -0.494 e. The maximum absolute atomic E-state index is 13.9. The molecule has 0 atom stereocenters. The third kappa shape index (κ3) is 4.62. The van der Waals surface area contributed by atoms with Gasteiger partial charge in [-0.1, -0.05) is 13.0 Å². The molecule has 0 bridgehead atoms. The van der Waals surface area contributed by atoms with E-state index in [1.54, 1.807) is 35.7 Å². The number of hydrogen-bond donors (Lipinski definition) is 1. The van der Waals surface area contributed by atoms with Gasteiger partial charge in [0.25, 0.3) is 5.91 Å². The van der Waals surface area contributed by atoms with E-state index in [0.717, 1.165) is 6.42 Å². The number of rotatable bonds is 7. The van der Waals surface area contributed by atoms with Gasteiger partial charge in [0.1, 0.15) is 5.75 Å². The molecule has 3 aromatic rings. The first-order chi connectivity index (χ1) is 13.1. The second-order valence-corrected chi connectivity index (χ2v) is 6.58. The van der Waals surface area contributed by atoms with Crippen molar-refractivity contribution in [3.8, 4) is 22.8 Å². The van der Waals surface area contributed by atoms with E-state index >= 15 is 0 Å². The smallest absolute Gasteiger partial charge is 0.257 e. The van der Waals surface area contributed by atoms with Gasteiger partial charge in [0.2, 0.25) is 0 Å². The van der Waals surface area contributed by atoms with Crippen molar-refractivity contribution in [2.24, 2.45) is 0 Å². The first-order valence-corrected chi connectivity index (χ1v) is 9.32. The van der Waals surface area contributed by atoms with Crippen molar-refractivity contribution >= 4 is 22.4 Å². The van der Waals surface area contributed by atoms with Crippen molar-refractivity contribution < 1.29 is 18.7 Å². The number of methoxy groups -OCH3 is 1. The third-order valence-corrected chi connectivity index (χ3v) is 4.50. The van der Waals surface area contributed by atoms with Crippen molar-refractivity contribution in [3.63, 3.8) is 0 Å². The predicted molar refractivity (Wildman–Crippen MR) is 104 cm³/mol. The summed E-state index contributed by atoms with van der Waals surface area (Å²) in [7, 11) is 1.41. The molecule has 1 aromatic heterocycles. The molecule has 0 aliphatic rings. The Morgan fingerprint density at radius 1 is 1.26 bits per heavy atom. The van der Waals surface area contributed by atoms with Crippen molar-refractivity contribution in [3.05, 3.63) is 59.2 Å². The van der Waals surface area contributed by atoms with Crippen molar-refractivity contribution in [2.75, 3.05) is 19.0 Å². The van der Waals surface area contributed by atoms with Gasteiger partial charge >= 0.3 is 0 Å². The van der Waals surface area contributed by atoms with E-state index in [-0.39, 0.29) is 11.7 Å². The monoisotopic (exact) mass is 386 g/mol. The fraction of sp³-hybridized carbons (Fsp3) is 0.200. The molecule has 0 spiro atoms. The Hall–Kier alpha value is -2.93. The highest BCUT2D eigenvalue weighted by molar-refractivity contribution is 7.14. The highest BCUT2D eigenvalue weighted by Gasteiger charge is 2.12. The Bertz CT molecular complexity index is 942. The molecule has 0 aliphatic heterocycles. The number of aromatic nitrogens is 1. The lowest BCUT2D eigenvalue weighted by atomic mass is 10.1. The van der Waals surface area contributed by atoms with E-state index in [2.05, 4.69) is 10.3 Å². The Labute approximate surface area is 160 Å². The first kappa shape index (κ1) is 18.8. The lowest BCUT2D eigenvalue weighted by molar-refractivity contribution is 0.102. The average Bonchev–Trinajstić information content (AvgIpc) is 3.15. The lowest BCUT2D eigenvalue weighted by Gasteiger charge is -2.06. The minimum atomic E-state index is -0.461. The molecule has 3 rings (SSSR count).